The smallest absolute Gasteiger partial charge is 0.340 e. The van der Waals surface area contributed by atoms with Crippen molar-refractivity contribution in [3.63, 3.8) is 0 Å². The van der Waals surface area contributed by atoms with Crippen LogP contribution in [0, 0.1) is 6.92 Å². The molecule has 1 amide bonds. The van der Waals surface area contributed by atoms with Crippen molar-refractivity contribution in [3.8, 4) is 22.6 Å². The molecule has 0 aliphatic carbocycles. The quantitative estimate of drug-likeness (QED) is 0.453. The first-order valence-corrected chi connectivity index (χ1v) is 10.5. The zero-order valence-electron chi connectivity index (χ0n) is 19.2. The van der Waals surface area contributed by atoms with E-state index in [1.807, 2.05) is 0 Å². The average Bonchev–Trinajstić information content (AvgIpc) is 2.83. The van der Waals surface area contributed by atoms with Gasteiger partial charge in [0.05, 0.1) is 36.4 Å². The third-order valence-electron chi connectivity index (χ3n) is 5.45. The third-order valence-corrected chi connectivity index (χ3v) is 5.45. The number of pyridine rings is 2. The summed E-state index contributed by atoms with van der Waals surface area (Å²) in [5, 5.41) is 3.00. The number of methoxy groups -OCH3 is 2. The molecule has 172 valence electrons. The first-order valence-electron chi connectivity index (χ1n) is 10.5. The van der Waals surface area contributed by atoms with Crippen molar-refractivity contribution in [2.75, 3.05) is 19.5 Å². The Kier molecular flexibility index (Phi) is 6.14. The predicted molar refractivity (Wildman–Crippen MR) is 130 cm³/mol. The molecule has 2 aromatic carbocycles. The fourth-order valence-corrected chi connectivity index (χ4v) is 3.91. The Morgan fingerprint density at radius 1 is 0.971 bits per heavy atom. The minimum Gasteiger partial charge on any atom is -0.497 e. The van der Waals surface area contributed by atoms with Crippen molar-refractivity contribution in [2.24, 2.45) is 0 Å². The maximum atomic E-state index is 13.8. The molecule has 0 spiro atoms. The van der Waals surface area contributed by atoms with Crippen molar-refractivity contribution in [2.45, 2.75) is 13.8 Å². The molecule has 2 aromatic heterocycles. The minimum atomic E-state index is -0.577. The van der Waals surface area contributed by atoms with Crippen LogP contribution in [0.4, 0.5) is 5.69 Å². The number of anilines is 1. The molecule has 0 aliphatic rings. The fourth-order valence-electron chi connectivity index (χ4n) is 3.91. The molecule has 0 bridgehead atoms. The number of rotatable bonds is 5. The number of aromatic nitrogens is 2. The number of esters is 1. The summed E-state index contributed by atoms with van der Waals surface area (Å²) in [5.74, 6) is -0.112. The highest BCUT2D eigenvalue weighted by Crippen LogP contribution is 2.33. The van der Waals surface area contributed by atoms with E-state index in [0.29, 0.717) is 44.8 Å². The lowest BCUT2D eigenvalue weighted by molar-refractivity contribution is -0.114. The number of ether oxygens (including phenoxy) is 2. The normalized spacial score (nSPS) is 10.7. The Balaban J connectivity index is 2.00. The van der Waals surface area contributed by atoms with E-state index in [9.17, 15) is 14.4 Å². The summed E-state index contributed by atoms with van der Waals surface area (Å²) >= 11 is 0. The number of carbonyl (C=O) groups excluding carboxylic acids is 2. The standard InChI is InChI=1S/C26H23N3O5/c1-15-22(26(32)34-4)23(17-5-11-20(33-3)12-6-17)24-21(27-15)13-14-29(25(24)31)19-9-7-18(8-10-19)28-16(2)30/h5-14H,1-4H3,(H,28,30). The summed E-state index contributed by atoms with van der Waals surface area (Å²) in [6, 6.07) is 15.7. The topological polar surface area (TPSA) is 99.5 Å². The van der Waals surface area contributed by atoms with Crippen LogP contribution in [0.1, 0.15) is 23.0 Å². The lowest BCUT2D eigenvalue weighted by Gasteiger charge is -2.16. The molecule has 4 aromatic rings. The fraction of sp³-hybridized carbons (Fsp3) is 0.154. The maximum Gasteiger partial charge on any atom is 0.340 e. The Bertz CT molecular complexity index is 1460. The predicted octanol–water partition coefficient (Wildman–Crippen LogP) is 4.11. The van der Waals surface area contributed by atoms with Crippen LogP contribution in [0.5, 0.6) is 5.75 Å². The third kappa shape index (κ3) is 4.13. The van der Waals surface area contributed by atoms with Gasteiger partial charge in [-0.05, 0) is 55.0 Å². The van der Waals surface area contributed by atoms with E-state index in [4.69, 9.17) is 9.47 Å². The summed E-state index contributed by atoms with van der Waals surface area (Å²) in [6.45, 7) is 3.14. The second-order valence-electron chi connectivity index (χ2n) is 7.65. The summed E-state index contributed by atoms with van der Waals surface area (Å²) in [6.07, 6.45) is 1.64. The summed E-state index contributed by atoms with van der Waals surface area (Å²) in [7, 11) is 2.86. The first kappa shape index (κ1) is 22.7. The largest absolute Gasteiger partial charge is 0.497 e. The van der Waals surface area contributed by atoms with Crippen LogP contribution in [0.3, 0.4) is 0 Å². The van der Waals surface area contributed by atoms with Crippen molar-refractivity contribution in [3.05, 3.63) is 82.4 Å². The molecule has 1 N–H and O–H groups in total. The Morgan fingerprint density at radius 3 is 2.24 bits per heavy atom. The van der Waals surface area contributed by atoms with E-state index in [0.717, 1.165) is 0 Å². The van der Waals surface area contributed by atoms with E-state index >= 15 is 0 Å². The van der Waals surface area contributed by atoms with Gasteiger partial charge in [0.1, 0.15) is 5.75 Å². The monoisotopic (exact) mass is 457 g/mol. The van der Waals surface area contributed by atoms with Crippen molar-refractivity contribution >= 4 is 28.5 Å². The number of aryl methyl sites for hydroxylation is 1. The van der Waals surface area contributed by atoms with Gasteiger partial charge in [0.2, 0.25) is 5.91 Å². The van der Waals surface area contributed by atoms with Gasteiger partial charge in [0.15, 0.2) is 0 Å². The zero-order chi connectivity index (χ0) is 24.4. The van der Waals surface area contributed by atoms with Gasteiger partial charge in [0.25, 0.3) is 5.56 Å². The highest BCUT2D eigenvalue weighted by Gasteiger charge is 2.23. The summed E-state index contributed by atoms with van der Waals surface area (Å²) < 4.78 is 11.8. The van der Waals surface area contributed by atoms with Crippen LogP contribution >= 0.6 is 0 Å². The molecule has 8 nitrogen and oxygen atoms in total. The number of nitrogens with one attached hydrogen (secondary N) is 1. The summed E-state index contributed by atoms with van der Waals surface area (Å²) in [4.78, 5) is 42.3. The molecule has 0 unspecified atom stereocenters. The SMILES string of the molecule is COC(=O)c1c(C)nc2ccn(-c3ccc(NC(C)=O)cc3)c(=O)c2c1-c1ccc(OC)cc1. The van der Waals surface area contributed by atoms with Gasteiger partial charge >= 0.3 is 5.97 Å². The van der Waals surface area contributed by atoms with Crippen LogP contribution in [0.2, 0.25) is 0 Å². The molecule has 34 heavy (non-hydrogen) atoms. The molecule has 2 heterocycles. The van der Waals surface area contributed by atoms with Gasteiger partial charge < -0.3 is 14.8 Å². The van der Waals surface area contributed by atoms with Crippen LogP contribution in [0.15, 0.2) is 65.6 Å². The van der Waals surface area contributed by atoms with E-state index in [-0.39, 0.29) is 17.0 Å². The van der Waals surface area contributed by atoms with Gasteiger partial charge in [-0.3, -0.25) is 19.1 Å². The molecule has 4 rings (SSSR count). The van der Waals surface area contributed by atoms with Crippen molar-refractivity contribution < 1.29 is 19.1 Å². The van der Waals surface area contributed by atoms with E-state index in [1.54, 1.807) is 74.8 Å². The maximum absolute atomic E-state index is 13.8. The van der Waals surface area contributed by atoms with E-state index in [2.05, 4.69) is 10.3 Å². The molecule has 0 atom stereocenters. The molecule has 0 aliphatic heterocycles. The Labute approximate surface area is 195 Å². The molecule has 8 heteroatoms. The number of hydrogen-bond donors (Lipinski definition) is 1. The number of fused-ring (bicyclic) bond motifs is 1. The van der Waals surface area contributed by atoms with Crippen molar-refractivity contribution in [1.82, 2.24) is 9.55 Å². The van der Waals surface area contributed by atoms with Gasteiger partial charge in [-0.1, -0.05) is 12.1 Å². The second kappa shape index (κ2) is 9.19. The number of carbonyl (C=O) groups is 2. The van der Waals surface area contributed by atoms with E-state index < -0.39 is 5.97 Å². The van der Waals surface area contributed by atoms with Crippen LogP contribution in [-0.2, 0) is 9.53 Å². The number of benzene rings is 2. The van der Waals surface area contributed by atoms with Gasteiger partial charge in [-0.25, -0.2) is 4.79 Å². The average molecular weight is 457 g/mol. The van der Waals surface area contributed by atoms with Gasteiger partial charge in [-0.2, -0.15) is 0 Å². The molecule has 0 saturated carbocycles. The second-order valence-corrected chi connectivity index (χ2v) is 7.65. The summed E-state index contributed by atoms with van der Waals surface area (Å²) in [5.41, 5.74) is 3.15. The minimum absolute atomic E-state index is 0.184. The number of hydrogen-bond acceptors (Lipinski definition) is 6. The lowest BCUT2D eigenvalue weighted by Crippen LogP contribution is -2.21. The molecule has 0 fully saturated rings. The van der Waals surface area contributed by atoms with Crippen LogP contribution in [-0.4, -0.2) is 35.6 Å². The Morgan fingerprint density at radius 2 is 1.65 bits per heavy atom. The Hall–Kier alpha value is -4.46. The molecular weight excluding hydrogens is 434 g/mol. The number of amides is 1. The zero-order valence-corrected chi connectivity index (χ0v) is 19.2. The molecule has 0 radical (unpaired) electrons. The highest BCUT2D eigenvalue weighted by atomic mass is 16.5. The van der Waals surface area contributed by atoms with Crippen LogP contribution in [0.25, 0.3) is 27.7 Å². The first-order chi connectivity index (χ1) is 16.3. The van der Waals surface area contributed by atoms with Crippen LogP contribution < -0.4 is 15.6 Å². The van der Waals surface area contributed by atoms with Gasteiger partial charge in [-0.15, -0.1) is 0 Å². The highest BCUT2D eigenvalue weighted by molar-refractivity contribution is 6.07. The van der Waals surface area contributed by atoms with Gasteiger partial charge in [0, 0.05) is 30.1 Å². The number of nitrogens with zero attached hydrogens (tertiary/aromatic N) is 2. The van der Waals surface area contributed by atoms with E-state index in [1.165, 1.54) is 18.6 Å². The molecular formula is C26H23N3O5. The van der Waals surface area contributed by atoms with Crippen molar-refractivity contribution in [1.29, 1.82) is 0 Å². The molecule has 0 saturated heterocycles. The lowest BCUT2D eigenvalue weighted by atomic mass is 9.95.